The average Bonchev–Trinajstić information content (AvgIpc) is 2.77. The van der Waals surface area contributed by atoms with Crippen molar-refractivity contribution in [2.75, 3.05) is 31.6 Å². The van der Waals surface area contributed by atoms with Crippen LogP contribution in [0.5, 0.6) is 0 Å². The van der Waals surface area contributed by atoms with E-state index in [1.54, 1.807) is 18.2 Å². The number of sulfonamides is 1. The lowest BCUT2D eigenvalue weighted by Gasteiger charge is -2.26. The van der Waals surface area contributed by atoms with Gasteiger partial charge in [-0.05, 0) is 59.9 Å². The van der Waals surface area contributed by atoms with E-state index in [-0.39, 0.29) is 4.90 Å². The minimum Gasteiger partial charge on any atom is -0.423 e. The van der Waals surface area contributed by atoms with E-state index in [0.717, 1.165) is 16.5 Å². The molecule has 0 aliphatic carbocycles. The maximum Gasteiger partial charge on any atom is 0.336 e. The number of aryl methyl sites for hydroxylation is 1. The molecule has 0 saturated carbocycles. The van der Waals surface area contributed by atoms with Crippen LogP contribution in [-0.4, -0.2) is 39.0 Å². The molecule has 170 valence electrons. The van der Waals surface area contributed by atoms with Crippen LogP contribution in [0.4, 0.5) is 5.69 Å². The summed E-state index contributed by atoms with van der Waals surface area (Å²) in [6, 6.07) is 12.2. The zero-order valence-corrected chi connectivity index (χ0v) is 19.4. The summed E-state index contributed by atoms with van der Waals surface area (Å²) in [5, 5.41) is 4.15. The molecular formula is C24H28N2O5S. The second kappa shape index (κ2) is 9.05. The van der Waals surface area contributed by atoms with Crippen molar-refractivity contribution >= 4 is 26.7 Å². The molecule has 8 heteroatoms. The van der Waals surface area contributed by atoms with Gasteiger partial charge in [-0.2, -0.15) is 4.31 Å². The van der Waals surface area contributed by atoms with E-state index in [1.165, 1.54) is 15.9 Å². The van der Waals surface area contributed by atoms with Crippen molar-refractivity contribution in [1.29, 1.82) is 0 Å². The fourth-order valence-electron chi connectivity index (χ4n) is 4.06. The molecule has 2 heterocycles. The first-order valence-electron chi connectivity index (χ1n) is 10.7. The van der Waals surface area contributed by atoms with E-state index < -0.39 is 15.6 Å². The third-order valence-corrected chi connectivity index (χ3v) is 7.66. The van der Waals surface area contributed by atoms with Gasteiger partial charge in [-0.1, -0.05) is 19.9 Å². The maximum atomic E-state index is 13.0. The highest BCUT2D eigenvalue weighted by Crippen LogP contribution is 2.27. The first-order chi connectivity index (χ1) is 15.3. The molecule has 0 radical (unpaired) electrons. The Hall–Kier alpha value is -2.68. The average molecular weight is 457 g/mol. The van der Waals surface area contributed by atoms with Gasteiger partial charge >= 0.3 is 5.63 Å². The van der Waals surface area contributed by atoms with Crippen molar-refractivity contribution in [1.82, 2.24) is 4.31 Å². The van der Waals surface area contributed by atoms with E-state index in [2.05, 4.69) is 25.2 Å². The first-order valence-corrected chi connectivity index (χ1v) is 12.2. The standard InChI is InChI=1S/C24H28N2O5S/c1-16(2)21-14-22-18(12-24(27)31-23(22)11-17(21)3)15-25-19-5-4-6-20(13-19)32(28,29)26-7-9-30-10-8-26/h4-6,11-14,16,25H,7-10,15H2,1-3H3. The molecule has 0 amide bonds. The molecule has 3 aromatic rings. The van der Waals surface area contributed by atoms with Crippen LogP contribution in [0.1, 0.15) is 36.5 Å². The third kappa shape index (κ3) is 4.57. The normalized spacial score (nSPS) is 15.4. The van der Waals surface area contributed by atoms with Crippen LogP contribution in [0.3, 0.4) is 0 Å². The largest absolute Gasteiger partial charge is 0.423 e. The molecule has 0 atom stereocenters. The smallest absolute Gasteiger partial charge is 0.336 e. The number of rotatable bonds is 6. The highest BCUT2D eigenvalue weighted by molar-refractivity contribution is 7.89. The minimum atomic E-state index is -3.58. The lowest BCUT2D eigenvalue weighted by atomic mass is 9.95. The van der Waals surface area contributed by atoms with Gasteiger partial charge in [-0.3, -0.25) is 0 Å². The summed E-state index contributed by atoms with van der Waals surface area (Å²) in [4.78, 5) is 12.4. The number of nitrogens with one attached hydrogen (secondary N) is 1. The van der Waals surface area contributed by atoms with Gasteiger partial charge in [0.15, 0.2) is 0 Å². The summed E-state index contributed by atoms with van der Waals surface area (Å²) in [7, 11) is -3.58. The highest BCUT2D eigenvalue weighted by atomic mass is 32.2. The molecule has 1 aromatic heterocycles. The summed E-state index contributed by atoms with van der Waals surface area (Å²) in [5.41, 5.74) is 3.90. The highest BCUT2D eigenvalue weighted by Gasteiger charge is 2.26. The number of fused-ring (bicyclic) bond motifs is 1. The van der Waals surface area contributed by atoms with Crippen LogP contribution < -0.4 is 10.9 Å². The molecule has 1 N–H and O–H groups in total. The van der Waals surface area contributed by atoms with Gasteiger partial charge in [0.2, 0.25) is 10.0 Å². The Labute approximate surface area is 188 Å². The lowest BCUT2D eigenvalue weighted by molar-refractivity contribution is 0.0730. The number of benzene rings is 2. The Bertz CT molecular complexity index is 1290. The summed E-state index contributed by atoms with van der Waals surface area (Å²) < 4.78 is 38.0. The number of hydrogen-bond acceptors (Lipinski definition) is 6. The van der Waals surface area contributed by atoms with Crippen LogP contribution >= 0.6 is 0 Å². The maximum absolute atomic E-state index is 13.0. The van der Waals surface area contributed by atoms with Gasteiger partial charge in [0, 0.05) is 36.8 Å². The molecule has 0 spiro atoms. The molecule has 7 nitrogen and oxygen atoms in total. The Balaban J connectivity index is 1.62. The van der Waals surface area contributed by atoms with Gasteiger partial charge in [-0.15, -0.1) is 0 Å². The van der Waals surface area contributed by atoms with Gasteiger partial charge in [-0.25, -0.2) is 13.2 Å². The van der Waals surface area contributed by atoms with Crippen LogP contribution in [0.15, 0.2) is 56.6 Å². The van der Waals surface area contributed by atoms with Crippen LogP contribution in [0.2, 0.25) is 0 Å². The lowest BCUT2D eigenvalue weighted by Crippen LogP contribution is -2.40. The zero-order chi connectivity index (χ0) is 22.9. The Morgan fingerprint density at radius 3 is 2.56 bits per heavy atom. The predicted octanol–water partition coefficient (Wildman–Crippen LogP) is 3.86. The van der Waals surface area contributed by atoms with Crippen molar-refractivity contribution in [2.24, 2.45) is 0 Å². The van der Waals surface area contributed by atoms with Crippen LogP contribution in [0, 0.1) is 6.92 Å². The van der Waals surface area contributed by atoms with Crippen molar-refractivity contribution in [3.63, 3.8) is 0 Å². The Morgan fingerprint density at radius 2 is 1.84 bits per heavy atom. The van der Waals surface area contributed by atoms with Crippen molar-refractivity contribution in [3.8, 4) is 0 Å². The molecule has 32 heavy (non-hydrogen) atoms. The fourth-order valence-corrected chi connectivity index (χ4v) is 5.51. The van der Waals surface area contributed by atoms with E-state index >= 15 is 0 Å². The molecule has 1 aliphatic rings. The molecule has 1 fully saturated rings. The summed E-state index contributed by atoms with van der Waals surface area (Å²) in [6.07, 6.45) is 0. The first kappa shape index (κ1) is 22.5. The van der Waals surface area contributed by atoms with Gasteiger partial charge in [0.25, 0.3) is 0 Å². The molecule has 0 unspecified atom stereocenters. The zero-order valence-electron chi connectivity index (χ0n) is 18.6. The van der Waals surface area contributed by atoms with Crippen LogP contribution in [-0.2, 0) is 21.3 Å². The van der Waals surface area contributed by atoms with E-state index in [0.29, 0.717) is 50.0 Å². The minimum absolute atomic E-state index is 0.236. The SMILES string of the molecule is Cc1cc2oc(=O)cc(CNc3cccc(S(=O)(=O)N4CCOCC4)c3)c2cc1C(C)C. The van der Waals surface area contributed by atoms with Gasteiger partial charge < -0.3 is 14.5 Å². The monoisotopic (exact) mass is 456 g/mol. The van der Waals surface area contributed by atoms with Gasteiger partial charge in [0.05, 0.1) is 18.1 Å². The number of hydrogen-bond donors (Lipinski definition) is 1. The second-order valence-corrected chi connectivity index (χ2v) is 10.3. The Morgan fingerprint density at radius 1 is 1.09 bits per heavy atom. The number of nitrogens with zero attached hydrogens (tertiary/aromatic N) is 1. The Kier molecular flexibility index (Phi) is 6.37. The molecule has 0 bridgehead atoms. The number of ether oxygens (including phenoxy) is 1. The van der Waals surface area contributed by atoms with Crippen molar-refractivity contribution in [2.45, 2.75) is 38.1 Å². The number of morpholine rings is 1. The molecular weight excluding hydrogens is 428 g/mol. The number of anilines is 1. The molecule has 1 aliphatic heterocycles. The summed E-state index contributed by atoms with van der Waals surface area (Å²) in [5.74, 6) is 0.342. The van der Waals surface area contributed by atoms with Gasteiger partial charge in [0.1, 0.15) is 5.58 Å². The fraction of sp³-hybridized carbons (Fsp3) is 0.375. The van der Waals surface area contributed by atoms with Crippen molar-refractivity contribution in [3.05, 3.63) is 69.6 Å². The molecule has 4 rings (SSSR count). The summed E-state index contributed by atoms with van der Waals surface area (Å²) in [6.45, 7) is 8.14. The van der Waals surface area contributed by atoms with E-state index in [1.807, 2.05) is 19.1 Å². The molecule has 1 saturated heterocycles. The quantitative estimate of drug-likeness (QED) is 0.567. The third-order valence-electron chi connectivity index (χ3n) is 5.76. The van der Waals surface area contributed by atoms with Crippen molar-refractivity contribution < 1.29 is 17.6 Å². The van der Waals surface area contributed by atoms with E-state index in [4.69, 9.17) is 9.15 Å². The van der Waals surface area contributed by atoms with E-state index in [9.17, 15) is 13.2 Å². The predicted molar refractivity (Wildman–Crippen MR) is 125 cm³/mol. The second-order valence-electron chi connectivity index (χ2n) is 8.35. The van der Waals surface area contributed by atoms with Crippen LogP contribution in [0.25, 0.3) is 11.0 Å². The summed E-state index contributed by atoms with van der Waals surface area (Å²) >= 11 is 0. The topological polar surface area (TPSA) is 88.8 Å². The molecule has 2 aromatic carbocycles.